The minimum absolute atomic E-state index is 0.0372. The topological polar surface area (TPSA) is 52.7 Å². The Bertz CT molecular complexity index is 777. The number of hydrogen-bond donors (Lipinski definition) is 1. The summed E-state index contributed by atoms with van der Waals surface area (Å²) in [6.07, 6.45) is 11.3. The highest BCUT2D eigenvalue weighted by molar-refractivity contribution is 6.07. The van der Waals surface area contributed by atoms with E-state index in [1.807, 2.05) is 18.2 Å². The first kappa shape index (κ1) is 18.2. The van der Waals surface area contributed by atoms with Gasteiger partial charge in [-0.25, -0.2) is 9.69 Å². The van der Waals surface area contributed by atoms with Gasteiger partial charge in [0.15, 0.2) is 0 Å². The fourth-order valence-electron chi connectivity index (χ4n) is 6.19. The molecule has 3 atom stereocenters. The number of rotatable bonds is 2. The second-order valence-corrected chi connectivity index (χ2v) is 9.14. The van der Waals surface area contributed by atoms with E-state index in [0.29, 0.717) is 19.1 Å². The summed E-state index contributed by atoms with van der Waals surface area (Å²) in [5.41, 5.74) is 1.37. The number of carbonyl (C=O) groups is 2. The van der Waals surface area contributed by atoms with Crippen molar-refractivity contribution >= 4 is 11.9 Å². The van der Waals surface area contributed by atoms with Crippen LogP contribution in [0.2, 0.25) is 0 Å². The first-order valence-electron chi connectivity index (χ1n) is 11.2. The van der Waals surface area contributed by atoms with E-state index in [9.17, 15) is 9.59 Å². The molecule has 5 nitrogen and oxygen atoms in total. The predicted octanol–water partition coefficient (Wildman–Crippen LogP) is 3.77. The maximum atomic E-state index is 13.7. The molecule has 0 radical (unpaired) electrons. The molecule has 1 spiro atoms. The first-order valence-corrected chi connectivity index (χ1v) is 11.2. The van der Waals surface area contributed by atoms with Crippen molar-refractivity contribution in [1.82, 2.24) is 15.1 Å². The Kier molecular flexibility index (Phi) is 4.66. The van der Waals surface area contributed by atoms with E-state index < -0.39 is 5.54 Å². The van der Waals surface area contributed by atoms with Crippen LogP contribution in [-0.2, 0) is 16.8 Å². The number of piperidine rings is 1. The number of benzene rings is 1. The van der Waals surface area contributed by atoms with Crippen molar-refractivity contribution in [3.63, 3.8) is 0 Å². The second kappa shape index (κ2) is 7.18. The van der Waals surface area contributed by atoms with E-state index in [1.165, 1.54) is 49.0 Å². The molecule has 5 rings (SSSR count). The smallest absolute Gasteiger partial charge is 0.319 e. The molecule has 1 N–H and O–H groups in total. The Morgan fingerprint density at radius 3 is 2.75 bits per heavy atom. The Morgan fingerprint density at radius 2 is 1.82 bits per heavy atom. The average Bonchev–Trinajstić information content (AvgIpc) is 2.86. The molecule has 1 aromatic rings. The van der Waals surface area contributed by atoms with Crippen LogP contribution in [0.1, 0.15) is 68.9 Å². The molecule has 5 heteroatoms. The normalized spacial score (nSPS) is 33.4. The number of likely N-dealkylation sites (tertiary alicyclic amines) is 1. The van der Waals surface area contributed by atoms with Crippen LogP contribution in [0, 0.1) is 5.92 Å². The van der Waals surface area contributed by atoms with Gasteiger partial charge in [-0.05, 0) is 68.4 Å². The van der Waals surface area contributed by atoms with Crippen molar-refractivity contribution in [2.45, 2.75) is 75.8 Å². The average molecular weight is 382 g/mol. The molecule has 2 aliphatic heterocycles. The van der Waals surface area contributed by atoms with Gasteiger partial charge < -0.3 is 5.32 Å². The second-order valence-electron chi connectivity index (χ2n) is 9.14. The quantitative estimate of drug-likeness (QED) is 0.794. The summed E-state index contributed by atoms with van der Waals surface area (Å²) in [5.74, 6) is 0.709. The monoisotopic (exact) mass is 381 g/mol. The standard InChI is InChI=1S/C23H31N3O2/c27-21-23(14-6-5-9-17-8-1-3-12-19(17)23)24-22(28)26(21)16-25-15-7-11-18-10-2-4-13-20(18)25/h1,3,8,12,18,20H,2,4-7,9-11,13-16H2,(H,24,28). The molecule has 1 aromatic carbocycles. The van der Waals surface area contributed by atoms with E-state index in [4.69, 9.17) is 0 Å². The van der Waals surface area contributed by atoms with Crippen LogP contribution >= 0.6 is 0 Å². The number of hydrogen-bond acceptors (Lipinski definition) is 3. The number of amides is 3. The van der Waals surface area contributed by atoms with Gasteiger partial charge in [0.2, 0.25) is 0 Å². The van der Waals surface area contributed by atoms with Crippen molar-refractivity contribution in [2.24, 2.45) is 5.92 Å². The molecule has 4 aliphatic rings. The molecule has 0 bridgehead atoms. The van der Waals surface area contributed by atoms with E-state index >= 15 is 0 Å². The Labute approximate surface area is 167 Å². The highest BCUT2D eigenvalue weighted by atomic mass is 16.2. The molecule has 2 aliphatic carbocycles. The molecular weight excluding hydrogens is 350 g/mol. The van der Waals surface area contributed by atoms with Gasteiger partial charge in [-0.2, -0.15) is 0 Å². The molecule has 28 heavy (non-hydrogen) atoms. The lowest BCUT2D eigenvalue weighted by molar-refractivity contribution is -0.134. The van der Waals surface area contributed by atoms with Crippen LogP contribution < -0.4 is 5.32 Å². The van der Waals surface area contributed by atoms with Gasteiger partial charge in [0.05, 0.1) is 6.67 Å². The summed E-state index contributed by atoms with van der Waals surface area (Å²) in [7, 11) is 0. The first-order chi connectivity index (χ1) is 13.7. The number of nitrogens with zero attached hydrogens (tertiary/aromatic N) is 2. The number of imide groups is 1. The molecule has 3 amide bonds. The van der Waals surface area contributed by atoms with Crippen molar-refractivity contribution in [3.05, 3.63) is 35.4 Å². The maximum Gasteiger partial charge on any atom is 0.326 e. The maximum absolute atomic E-state index is 13.7. The Morgan fingerprint density at radius 1 is 1.00 bits per heavy atom. The molecule has 1 saturated carbocycles. The summed E-state index contributed by atoms with van der Waals surface area (Å²) in [6, 6.07) is 8.52. The third-order valence-electron chi connectivity index (χ3n) is 7.58. The number of carbonyl (C=O) groups excluding carboxylic acids is 2. The third kappa shape index (κ3) is 2.86. The van der Waals surface area contributed by atoms with Crippen LogP contribution in [0.4, 0.5) is 4.79 Å². The lowest BCUT2D eigenvalue weighted by Gasteiger charge is -2.45. The van der Waals surface area contributed by atoms with Gasteiger partial charge in [0.25, 0.3) is 5.91 Å². The van der Waals surface area contributed by atoms with Gasteiger partial charge in [-0.3, -0.25) is 9.69 Å². The Balaban J connectivity index is 1.42. The molecular formula is C23H31N3O2. The predicted molar refractivity (Wildman–Crippen MR) is 108 cm³/mol. The van der Waals surface area contributed by atoms with Crippen LogP contribution in [0.5, 0.6) is 0 Å². The van der Waals surface area contributed by atoms with Crippen LogP contribution in [0.15, 0.2) is 24.3 Å². The van der Waals surface area contributed by atoms with Crippen LogP contribution in [0.3, 0.4) is 0 Å². The number of nitrogens with one attached hydrogen (secondary N) is 1. The number of urea groups is 1. The zero-order chi connectivity index (χ0) is 19.1. The van der Waals surface area contributed by atoms with Crippen molar-refractivity contribution in [1.29, 1.82) is 0 Å². The molecule has 3 unspecified atom stereocenters. The fourth-order valence-corrected chi connectivity index (χ4v) is 6.19. The van der Waals surface area contributed by atoms with Crippen molar-refractivity contribution < 1.29 is 9.59 Å². The van der Waals surface area contributed by atoms with Gasteiger partial charge in [-0.1, -0.05) is 37.1 Å². The molecule has 2 saturated heterocycles. The molecule has 0 aromatic heterocycles. The highest BCUT2D eigenvalue weighted by Crippen LogP contribution is 2.40. The minimum atomic E-state index is -0.855. The summed E-state index contributed by atoms with van der Waals surface area (Å²) >= 11 is 0. The van der Waals surface area contributed by atoms with Crippen LogP contribution in [0.25, 0.3) is 0 Å². The van der Waals surface area contributed by atoms with E-state index in [-0.39, 0.29) is 11.9 Å². The van der Waals surface area contributed by atoms with E-state index in [2.05, 4.69) is 16.3 Å². The molecule has 3 fully saturated rings. The summed E-state index contributed by atoms with van der Waals surface area (Å²) in [4.78, 5) is 30.6. The van der Waals surface area contributed by atoms with Gasteiger partial charge in [0, 0.05) is 12.6 Å². The van der Waals surface area contributed by atoms with E-state index in [1.54, 1.807) is 0 Å². The summed E-state index contributed by atoms with van der Waals surface area (Å²) in [6.45, 7) is 1.46. The minimum Gasteiger partial charge on any atom is -0.319 e. The lowest BCUT2D eigenvalue weighted by atomic mass is 9.78. The zero-order valence-corrected chi connectivity index (χ0v) is 16.7. The summed E-state index contributed by atoms with van der Waals surface area (Å²) in [5, 5.41) is 3.14. The SMILES string of the molecule is O=C1NC2(CCCCc3ccccc32)C(=O)N1CN1CCCC2CCCCC21. The van der Waals surface area contributed by atoms with Crippen LogP contribution in [-0.4, -0.2) is 41.0 Å². The highest BCUT2D eigenvalue weighted by Gasteiger charge is 2.54. The number of aryl methyl sites for hydroxylation is 1. The summed E-state index contributed by atoms with van der Waals surface area (Å²) < 4.78 is 0. The Hall–Kier alpha value is -1.88. The molecule has 2 heterocycles. The largest absolute Gasteiger partial charge is 0.326 e. The number of fused-ring (bicyclic) bond motifs is 3. The van der Waals surface area contributed by atoms with Crippen molar-refractivity contribution in [3.8, 4) is 0 Å². The van der Waals surface area contributed by atoms with Gasteiger partial charge >= 0.3 is 6.03 Å². The fraction of sp³-hybridized carbons (Fsp3) is 0.652. The van der Waals surface area contributed by atoms with Gasteiger partial charge in [0.1, 0.15) is 5.54 Å². The molecule has 150 valence electrons. The zero-order valence-electron chi connectivity index (χ0n) is 16.7. The third-order valence-corrected chi connectivity index (χ3v) is 7.58. The van der Waals surface area contributed by atoms with Crippen molar-refractivity contribution in [2.75, 3.05) is 13.2 Å². The van der Waals surface area contributed by atoms with Gasteiger partial charge in [-0.15, -0.1) is 0 Å². The lowest BCUT2D eigenvalue weighted by Crippen LogP contribution is -2.52. The van der Waals surface area contributed by atoms with E-state index in [0.717, 1.165) is 37.3 Å².